The zero-order valence-electron chi connectivity index (χ0n) is 14.8. The molecule has 0 aliphatic carbocycles. The van der Waals surface area contributed by atoms with Crippen molar-refractivity contribution < 1.29 is 29.3 Å². The predicted octanol–water partition coefficient (Wildman–Crippen LogP) is 2.83. The first-order chi connectivity index (χ1) is 11.6. The van der Waals surface area contributed by atoms with Gasteiger partial charge in [0.2, 0.25) is 0 Å². The molecular weight excluding hydrogens is 326 g/mol. The van der Waals surface area contributed by atoms with Crippen LogP contribution >= 0.6 is 0 Å². The summed E-state index contributed by atoms with van der Waals surface area (Å²) >= 11 is 0. The molecule has 0 saturated heterocycles. The summed E-state index contributed by atoms with van der Waals surface area (Å²) in [5.74, 6) is -1.24. The summed E-state index contributed by atoms with van der Waals surface area (Å²) < 4.78 is 10.5. The van der Waals surface area contributed by atoms with Gasteiger partial charge in [0, 0.05) is 18.1 Å². The standard InChI is InChI=1S/C18H23NO6/c1-17(2,16(22)23)10-18(11-19,8-7-15(20)21)13-6-5-12(24-3)9-14(13)25-4/h5-6,9H,7-8,10H2,1-4H3,(H,20,21)(H,22,23). The molecule has 0 saturated carbocycles. The maximum Gasteiger partial charge on any atom is 0.309 e. The Morgan fingerprint density at radius 2 is 1.84 bits per heavy atom. The zero-order valence-corrected chi connectivity index (χ0v) is 14.8. The molecule has 7 heteroatoms. The first-order valence-electron chi connectivity index (χ1n) is 7.71. The van der Waals surface area contributed by atoms with Gasteiger partial charge in [0.25, 0.3) is 0 Å². The van der Waals surface area contributed by atoms with Crippen LogP contribution in [0.3, 0.4) is 0 Å². The van der Waals surface area contributed by atoms with Crippen LogP contribution in [-0.4, -0.2) is 36.4 Å². The smallest absolute Gasteiger partial charge is 0.309 e. The lowest BCUT2D eigenvalue weighted by Gasteiger charge is -2.34. The van der Waals surface area contributed by atoms with Gasteiger partial charge < -0.3 is 19.7 Å². The minimum absolute atomic E-state index is 0.0295. The van der Waals surface area contributed by atoms with Crippen LogP contribution in [0.15, 0.2) is 18.2 Å². The number of carbonyl (C=O) groups is 2. The Hall–Kier alpha value is -2.75. The number of rotatable bonds is 9. The van der Waals surface area contributed by atoms with E-state index in [1.807, 2.05) is 0 Å². The second-order valence-corrected chi connectivity index (χ2v) is 6.52. The average Bonchev–Trinajstić information content (AvgIpc) is 2.57. The molecule has 0 fully saturated rings. The molecule has 1 atom stereocenters. The molecule has 0 heterocycles. The van der Waals surface area contributed by atoms with Crippen LogP contribution in [0.5, 0.6) is 11.5 Å². The molecule has 0 radical (unpaired) electrons. The number of hydrogen-bond donors (Lipinski definition) is 2. The van der Waals surface area contributed by atoms with Crippen LogP contribution in [0.1, 0.15) is 38.7 Å². The SMILES string of the molecule is COc1ccc(C(C#N)(CCC(=O)O)CC(C)(C)C(=O)O)c(OC)c1. The Labute approximate surface area is 146 Å². The van der Waals surface area contributed by atoms with E-state index in [1.165, 1.54) is 28.1 Å². The number of methoxy groups -OCH3 is 2. The van der Waals surface area contributed by atoms with Gasteiger partial charge in [0.1, 0.15) is 11.5 Å². The highest BCUT2D eigenvalue weighted by Crippen LogP contribution is 2.44. The van der Waals surface area contributed by atoms with E-state index in [0.29, 0.717) is 17.1 Å². The fraction of sp³-hybridized carbons (Fsp3) is 0.500. The van der Waals surface area contributed by atoms with Crippen molar-refractivity contribution in [3.8, 4) is 17.6 Å². The predicted molar refractivity (Wildman–Crippen MR) is 89.7 cm³/mol. The van der Waals surface area contributed by atoms with Crippen LogP contribution in [0.2, 0.25) is 0 Å². The fourth-order valence-electron chi connectivity index (χ4n) is 2.82. The number of nitrogens with zero attached hydrogens (tertiary/aromatic N) is 1. The van der Waals surface area contributed by atoms with Crippen molar-refractivity contribution in [3.63, 3.8) is 0 Å². The number of carboxylic acids is 2. The minimum Gasteiger partial charge on any atom is -0.497 e. The Morgan fingerprint density at radius 1 is 1.20 bits per heavy atom. The number of hydrogen-bond acceptors (Lipinski definition) is 5. The van der Waals surface area contributed by atoms with E-state index in [9.17, 15) is 20.0 Å². The highest BCUT2D eigenvalue weighted by Gasteiger charge is 2.43. The molecule has 0 aliphatic rings. The molecule has 0 amide bonds. The van der Waals surface area contributed by atoms with E-state index in [0.717, 1.165) is 0 Å². The normalized spacial score (nSPS) is 13.4. The van der Waals surface area contributed by atoms with Gasteiger partial charge in [-0.15, -0.1) is 0 Å². The molecular formula is C18H23NO6. The fourth-order valence-corrected chi connectivity index (χ4v) is 2.82. The monoisotopic (exact) mass is 349 g/mol. The van der Waals surface area contributed by atoms with Gasteiger partial charge in [0.05, 0.1) is 31.1 Å². The highest BCUT2D eigenvalue weighted by molar-refractivity contribution is 5.74. The third kappa shape index (κ3) is 4.63. The molecule has 0 aliphatic heterocycles. The van der Waals surface area contributed by atoms with Crippen molar-refractivity contribution >= 4 is 11.9 Å². The third-order valence-corrected chi connectivity index (χ3v) is 4.23. The molecule has 1 unspecified atom stereocenters. The summed E-state index contributed by atoms with van der Waals surface area (Å²) in [5.41, 5.74) is -2.09. The zero-order chi connectivity index (χ0) is 19.3. The molecule has 0 spiro atoms. The molecule has 7 nitrogen and oxygen atoms in total. The van der Waals surface area contributed by atoms with Crippen LogP contribution in [-0.2, 0) is 15.0 Å². The molecule has 0 bridgehead atoms. The Bertz CT molecular complexity index is 691. The van der Waals surface area contributed by atoms with E-state index in [2.05, 4.69) is 6.07 Å². The summed E-state index contributed by atoms with van der Waals surface area (Å²) in [5, 5.41) is 28.4. The number of carboxylic acid groups (broad SMARTS) is 2. The van der Waals surface area contributed by atoms with E-state index >= 15 is 0 Å². The van der Waals surface area contributed by atoms with E-state index in [-0.39, 0.29) is 19.3 Å². The lowest BCUT2D eigenvalue weighted by atomic mass is 9.67. The van der Waals surface area contributed by atoms with Crippen LogP contribution in [0.4, 0.5) is 0 Å². The highest BCUT2D eigenvalue weighted by atomic mass is 16.5. The summed E-state index contributed by atoms with van der Waals surface area (Å²) in [4.78, 5) is 22.6. The molecule has 1 aromatic rings. The van der Waals surface area contributed by atoms with Crippen molar-refractivity contribution in [2.24, 2.45) is 5.41 Å². The van der Waals surface area contributed by atoms with E-state index in [1.54, 1.807) is 18.2 Å². The average molecular weight is 349 g/mol. The number of nitriles is 1. The third-order valence-electron chi connectivity index (χ3n) is 4.23. The summed E-state index contributed by atoms with van der Waals surface area (Å²) in [6.45, 7) is 3.02. The quantitative estimate of drug-likeness (QED) is 0.704. The molecule has 1 rings (SSSR count). The second kappa shape index (κ2) is 7.88. The lowest BCUT2D eigenvalue weighted by molar-refractivity contribution is -0.147. The van der Waals surface area contributed by atoms with Crippen molar-refractivity contribution in [1.29, 1.82) is 5.26 Å². The van der Waals surface area contributed by atoms with Crippen LogP contribution in [0, 0.1) is 16.7 Å². The summed E-state index contributed by atoms with van der Waals surface area (Å²) in [6, 6.07) is 7.02. The summed E-state index contributed by atoms with van der Waals surface area (Å²) in [7, 11) is 2.92. The van der Waals surface area contributed by atoms with E-state index in [4.69, 9.17) is 14.6 Å². The Balaban J connectivity index is 3.52. The van der Waals surface area contributed by atoms with Gasteiger partial charge >= 0.3 is 11.9 Å². The molecule has 0 aromatic heterocycles. The molecule has 2 N–H and O–H groups in total. The topological polar surface area (TPSA) is 117 Å². The lowest BCUT2D eigenvalue weighted by Crippen LogP contribution is -2.36. The van der Waals surface area contributed by atoms with Gasteiger partial charge in [-0.1, -0.05) is 6.07 Å². The molecule has 25 heavy (non-hydrogen) atoms. The second-order valence-electron chi connectivity index (χ2n) is 6.52. The number of benzene rings is 1. The number of aliphatic carboxylic acids is 2. The molecule has 136 valence electrons. The van der Waals surface area contributed by atoms with Gasteiger partial charge in [-0.05, 0) is 32.8 Å². The van der Waals surface area contributed by atoms with Crippen molar-refractivity contribution in [2.45, 2.75) is 38.5 Å². The van der Waals surface area contributed by atoms with Crippen LogP contribution in [0.25, 0.3) is 0 Å². The summed E-state index contributed by atoms with van der Waals surface area (Å²) in [6.07, 6.45) is -0.349. The van der Waals surface area contributed by atoms with Gasteiger partial charge in [-0.25, -0.2) is 0 Å². The number of ether oxygens (including phenoxy) is 2. The van der Waals surface area contributed by atoms with Crippen molar-refractivity contribution in [1.82, 2.24) is 0 Å². The minimum atomic E-state index is -1.32. The van der Waals surface area contributed by atoms with Gasteiger partial charge in [0.15, 0.2) is 0 Å². The molecule has 1 aromatic carbocycles. The Kier molecular flexibility index (Phi) is 6.40. The van der Waals surface area contributed by atoms with Crippen molar-refractivity contribution in [2.75, 3.05) is 14.2 Å². The first-order valence-corrected chi connectivity index (χ1v) is 7.71. The van der Waals surface area contributed by atoms with E-state index < -0.39 is 22.8 Å². The van der Waals surface area contributed by atoms with Gasteiger partial charge in [-0.2, -0.15) is 5.26 Å². The van der Waals surface area contributed by atoms with Gasteiger partial charge in [-0.3, -0.25) is 9.59 Å². The largest absolute Gasteiger partial charge is 0.497 e. The maximum atomic E-state index is 11.6. The maximum absolute atomic E-state index is 11.6. The first kappa shape index (κ1) is 20.3. The van der Waals surface area contributed by atoms with Crippen molar-refractivity contribution in [3.05, 3.63) is 23.8 Å². The Morgan fingerprint density at radius 3 is 2.28 bits per heavy atom. The van der Waals surface area contributed by atoms with Crippen LogP contribution < -0.4 is 9.47 Å².